The van der Waals surface area contributed by atoms with Crippen molar-refractivity contribution >= 4 is 28.2 Å². The van der Waals surface area contributed by atoms with E-state index in [4.69, 9.17) is 5.10 Å². The van der Waals surface area contributed by atoms with Crippen LogP contribution >= 0.6 is 11.8 Å². The number of rotatable bonds is 2. The van der Waals surface area contributed by atoms with Gasteiger partial charge in [0.15, 0.2) is 5.82 Å². The first-order valence-corrected chi connectivity index (χ1v) is 10.7. The molecule has 5 rings (SSSR count). The summed E-state index contributed by atoms with van der Waals surface area (Å²) in [5, 5.41) is 16.9. The second-order valence-corrected chi connectivity index (χ2v) is 9.29. The lowest BCUT2D eigenvalue weighted by molar-refractivity contribution is 0.590. The van der Waals surface area contributed by atoms with Gasteiger partial charge in [-0.05, 0) is 33.4 Å². The maximum Gasteiger partial charge on any atom is 0.212 e. The van der Waals surface area contributed by atoms with Crippen LogP contribution in [0, 0.1) is 0 Å². The Bertz CT molecular complexity index is 1230. The first-order valence-electron chi connectivity index (χ1n) is 9.75. The zero-order valence-corrected chi connectivity index (χ0v) is 17.6. The molecule has 0 radical (unpaired) electrons. The molecule has 0 N–H and O–H groups in total. The first-order chi connectivity index (χ1) is 14.0. The third-order valence-electron chi connectivity index (χ3n) is 5.26. The minimum Gasteiger partial charge on any atom is -0.187 e. The van der Waals surface area contributed by atoms with Crippen LogP contribution in [0.3, 0.4) is 0 Å². The lowest BCUT2D eigenvalue weighted by atomic mass is 9.86. The van der Waals surface area contributed by atoms with Crippen molar-refractivity contribution in [2.45, 2.75) is 31.3 Å². The molecule has 3 aromatic carbocycles. The van der Waals surface area contributed by atoms with Gasteiger partial charge in [0.2, 0.25) is 5.16 Å². The summed E-state index contributed by atoms with van der Waals surface area (Å²) in [5.41, 5.74) is 4.69. The van der Waals surface area contributed by atoms with E-state index in [2.05, 4.69) is 97.7 Å². The van der Waals surface area contributed by atoms with Gasteiger partial charge < -0.3 is 0 Å². The van der Waals surface area contributed by atoms with Crippen molar-refractivity contribution in [3.8, 4) is 11.4 Å². The molecule has 29 heavy (non-hydrogen) atoms. The van der Waals surface area contributed by atoms with Gasteiger partial charge in [-0.2, -0.15) is 9.78 Å². The molecular formula is C24H22N4S. The van der Waals surface area contributed by atoms with Crippen LogP contribution in [0.25, 0.3) is 22.2 Å². The number of thioether (sulfide) groups is 1. The van der Waals surface area contributed by atoms with Crippen molar-refractivity contribution in [1.82, 2.24) is 14.9 Å². The highest BCUT2D eigenvalue weighted by Crippen LogP contribution is 2.30. The topological polar surface area (TPSA) is 43.1 Å². The third-order valence-corrected chi connectivity index (χ3v) is 6.19. The van der Waals surface area contributed by atoms with Crippen LogP contribution in [0.15, 0.2) is 77.0 Å². The third kappa shape index (κ3) is 3.36. The Kier molecular flexibility index (Phi) is 4.28. The fourth-order valence-electron chi connectivity index (χ4n) is 3.54. The molecule has 0 bridgehead atoms. The van der Waals surface area contributed by atoms with Crippen LogP contribution in [0.1, 0.15) is 31.9 Å². The van der Waals surface area contributed by atoms with Gasteiger partial charge in [-0.1, -0.05) is 93.2 Å². The average molecular weight is 399 g/mol. The fraction of sp³-hybridized carbons (Fsp3) is 0.208. The molecular weight excluding hydrogens is 376 g/mol. The van der Waals surface area contributed by atoms with E-state index in [1.54, 1.807) is 11.8 Å². The molecule has 2 heterocycles. The molecule has 1 aromatic heterocycles. The van der Waals surface area contributed by atoms with Crippen molar-refractivity contribution in [2.75, 3.05) is 5.75 Å². The highest BCUT2D eigenvalue weighted by atomic mass is 32.2. The maximum absolute atomic E-state index is 4.91. The van der Waals surface area contributed by atoms with Crippen LogP contribution in [0.4, 0.5) is 0 Å². The van der Waals surface area contributed by atoms with Crippen LogP contribution in [0.5, 0.6) is 0 Å². The van der Waals surface area contributed by atoms with Crippen molar-refractivity contribution in [2.24, 2.45) is 5.10 Å². The van der Waals surface area contributed by atoms with E-state index in [-0.39, 0.29) is 5.41 Å². The van der Waals surface area contributed by atoms with E-state index in [1.807, 2.05) is 4.68 Å². The second kappa shape index (κ2) is 6.85. The summed E-state index contributed by atoms with van der Waals surface area (Å²) in [6, 6.07) is 23.5. The predicted octanol–water partition coefficient (Wildman–Crippen LogP) is 5.75. The number of fused-ring (bicyclic) bond motifs is 2. The molecule has 0 saturated carbocycles. The van der Waals surface area contributed by atoms with Crippen molar-refractivity contribution in [1.29, 1.82) is 0 Å². The molecule has 0 saturated heterocycles. The summed E-state index contributed by atoms with van der Waals surface area (Å²) >= 11 is 1.68. The summed E-state index contributed by atoms with van der Waals surface area (Å²) in [4.78, 5) is 0. The number of hydrogen-bond acceptors (Lipinski definition) is 4. The summed E-state index contributed by atoms with van der Waals surface area (Å²) < 4.78 is 1.88. The van der Waals surface area contributed by atoms with Gasteiger partial charge in [0.25, 0.3) is 0 Å². The molecule has 4 nitrogen and oxygen atoms in total. The molecule has 144 valence electrons. The van der Waals surface area contributed by atoms with Crippen LogP contribution in [0.2, 0.25) is 0 Å². The SMILES string of the molecule is CC(C)(C)c1ccc(C2=Nn3c(nnc3-c3ccc4ccccc4c3)SC2)cc1. The smallest absolute Gasteiger partial charge is 0.187 e. The number of nitrogens with zero attached hydrogens (tertiary/aromatic N) is 4. The molecule has 0 atom stereocenters. The molecule has 1 aliphatic rings. The van der Waals surface area contributed by atoms with E-state index in [0.29, 0.717) is 0 Å². The summed E-state index contributed by atoms with van der Waals surface area (Å²) in [7, 11) is 0. The monoisotopic (exact) mass is 398 g/mol. The average Bonchev–Trinajstić information content (AvgIpc) is 3.16. The van der Waals surface area contributed by atoms with Gasteiger partial charge in [0.05, 0.1) is 5.71 Å². The van der Waals surface area contributed by atoms with Gasteiger partial charge in [-0.3, -0.25) is 0 Å². The maximum atomic E-state index is 4.91. The van der Waals surface area contributed by atoms with Gasteiger partial charge in [-0.15, -0.1) is 10.2 Å². The van der Waals surface area contributed by atoms with Crippen LogP contribution < -0.4 is 0 Å². The molecule has 0 unspecified atom stereocenters. The minimum atomic E-state index is 0.145. The largest absolute Gasteiger partial charge is 0.212 e. The Balaban J connectivity index is 1.54. The van der Waals surface area contributed by atoms with E-state index in [9.17, 15) is 0 Å². The van der Waals surface area contributed by atoms with Gasteiger partial charge in [0.1, 0.15) is 0 Å². The zero-order chi connectivity index (χ0) is 20.0. The molecule has 0 amide bonds. The lowest BCUT2D eigenvalue weighted by Gasteiger charge is -2.20. The highest BCUT2D eigenvalue weighted by molar-refractivity contribution is 7.99. The van der Waals surface area contributed by atoms with E-state index >= 15 is 0 Å². The quantitative estimate of drug-likeness (QED) is 0.431. The van der Waals surface area contributed by atoms with Crippen LogP contribution in [-0.4, -0.2) is 26.3 Å². The number of hydrogen-bond donors (Lipinski definition) is 0. The Morgan fingerprint density at radius 2 is 1.55 bits per heavy atom. The standard InChI is InChI=1S/C24H22N4S/c1-24(2,3)20-12-10-17(11-13-20)21-15-29-23-26-25-22(28(23)27-21)19-9-8-16-6-4-5-7-18(16)14-19/h4-14H,15H2,1-3H3. The fourth-order valence-corrected chi connectivity index (χ4v) is 4.38. The predicted molar refractivity (Wildman–Crippen MR) is 121 cm³/mol. The van der Waals surface area contributed by atoms with Crippen LogP contribution in [-0.2, 0) is 5.41 Å². The number of aromatic nitrogens is 3. The molecule has 1 aliphatic heterocycles. The van der Waals surface area contributed by atoms with Gasteiger partial charge in [-0.25, -0.2) is 0 Å². The number of benzene rings is 3. The molecule has 0 aliphatic carbocycles. The van der Waals surface area contributed by atoms with Gasteiger partial charge >= 0.3 is 0 Å². The Hall–Kier alpha value is -2.92. The van der Waals surface area contributed by atoms with Crippen molar-refractivity contribution in [3.05, 3.63) is 77.9 Å². The van der Waals surface area contributed by atoms with E-state index in [1.165, 1.54) is 16.3 Å². The second-order valence-electron chi connectivity index (χ2n) is 8.34. The van der Waals surface area contributed by atoms with Crippen molar-refractivity contribution in [3.63, 3.8) is 0 Å². The lowest BCUT2D eigenvalue weighted by Crippen LogP contribution is -2.15. The molecule has 4 aromatic rings. The summed E-state index contributed by atoms with van der Waals surface area (Å²) in [5.74, 6) is 1.58. The van der Waals surface area contributed by atoms with Gasteiger partial charge in [0, 0.05) is 11.3 Å². The van der Waals surface area contributed by atoms with Crippen molar-refractivity contribution < 1.29 is 0 Å². The summed E-state index contributed by atoms with van der Waals surface area (Å²) in [6.45, 7) is 6.69. The Morgan fingerprint density at radius 1 is 0.828 bits per heavy atom. The Morgan fingerprint density at radius 3 is 2.31 bits per heavy atom. The van der Waals surface area contributed by atoms with E-state index in [0.717, 1.165) is 33.6 Å². The summed E-state index contributed by atoms with van der Waals surface area (Å²) in [6.07, 6.45) is 0. The normalized spacial score (nSPS) is 14.0. The molecule has 5 heteroatoms. The van der Waals surface area contributed by atoms with E-state index < -0.39 is 0 Å². The molecule has 0 spiro atoms. The zero-order valence-electron chi connectivity index (χ0n) is 16.8. The minimum absolute atomic E-state index is 0.145. The first kappa shape index (κ1) is 18.1. The molecule has 0 fully saturated rings. The Labute approximate surface area is 174 Å². The highest BCUT2D eigenvalue weighted by Gasteiger charge is 2.21.